The molecule has 2 saturated heterocycles. The van der Waals surface area contributed by atoms with E-state index in [9.17, 15) is 9.59 Å². The number of rotatable bonds is 1. The molecule has 0 spiro atoms. The van der Waals surface area contributed by atoms with Gasteiger partial charge in [-0.15, -0.1) is 0 Å². The van der Waals surface area contributed by atoms with Gasteiger partial charge in [0.25, 0.3) is 0 Å². The van der Waals surface area contributed by atoms with Gasteiger partial charge in [0.15, 0.2) is 0 Å². The summed E-state index contributed by atoms with van der Waals surface area (Å²) in [5.74, 6) is -0.284. The van der Waals surface area contributed by atoms with Gasteiger partial charge in [-0.05, 0) is 52.4 Å². The molecule has 2 aliphatic heterocycles. The third kappa shape index (κ3) is 3.27. The summed E-state index contributed by atoms with van der Waals surface area (Å²) >= 11 is 0. The monoisotopic (exact) mass is 324 g/mol. The third-order valence-corrected chi connectivity index (χ3v) is 5.29. The predicted molar refractivity (Wildman–Crippen MR) is 88.8 cm³/mol. The Hall–Kier alpha value is -1.06. The summed E-state index contributed by atoms with van der Waals surface area (Å²) in [7, 11) is 0. The van der Waals surface area contributed by atoms with Crippen LogP contribution in [0.3, 0.4) is 0 Å². The smallest absolute Gasteiger partial charge is 0.312 e. The molecule has 2 heterocycles. The molecule has 23 heavy (non-hydrogen) atoms. The molecule has 4 fully saturated rings. The van der Waals surface area contributed by atoms with Gasteiger partial charge in [0.1, 0.15) is 11.7 Å². The topological polar surface area (TPSA) is 52.6 Å². The Morgan fingerprint density at radius 1 is 1.13 bits per heavy atom. The molecule has 132 valence electrons. The molecule has 0 amide bonds. The van der Waals surface area contributed by atoms with Crippen molar-refractivity contribution in [2.24, 2.45) is 16.2 Å². The maximum Gasteiger partial charge on any atom is 0.312 e. The first kappa shape index (κ1) is 18.3. The highest BCUT2D eigenvalue weighted by atomic mass is 16.6. The molecule has 4 atom stereocenters. The molecule has 0 aromatic heterocycles. The van der Waals surface area contributed by atoms with E-state index in [1.807, 2.05) is 41.5 Å². The second-order valence-corrected chi connectivity index (χ2v) is 9.16. The minimum absolute atomic E-state index is 0.0280. The van der Waals surface area contributed by atoms with Crippen LogP contribution in [0.5, 0.6) is 0 Å². The fourth-order valence-corrected chi connectivity index (χ4v) is 4.93. The summed E-state index contributed by atoms with van der Waals surface area (Å²) in [6.45, 7) is 13.8. The van der Waals surface area contributed by atoms with Gasteiger partial charge in [-0.3, -0.25) is 9.59 Å². The number of carbonyl (C=O) groups excluding carboxylic acids is 2. The molecule has 0 radical (unpaired) electrons. The van der Waals surface area contributed by atoms with Gasteiger partial charge < -0.3 is 9.47 Å². The summed E-state index contributed by atoms with van der Waals surface area (Å²) in [4.78, 5) is 24.8. The van der Waals surface area contributed by atoms with Crippen LogP contribution >= 0.6 is 0 Å². The van der Waals surface area contributed by atoms with E-state index in [1.54, 1.807) is 0 Å². The van der Waals surface area contributed by atoms with Crippen molar-refractivity contribution in [1.29, 1.82) is 0 Å². The van der Waals surface area contributed by atoms with Gasteiger partial charge >= 0.3 is 11.9 Å². The SMILES string of the molecule is CC.CC12CC3CC(OC(=O)C(C)(C)C)(C1)CC(C)(C2)C(=O)O3. The van der Waals surface area contributed by atoms with Crippen molar-refractivity contribution in [3.63, 3.8) is 0 Å². The highest BCUT2D eigenvalue weighted by Gasteiger charge is 2.63. The first-order valence-electron chi connectivity index (χ1n) is 8.90. The predicted octanol–water partition coefficient (Wildman–Crippen LogP) is 4.26. The number of hydrogen-bond acceptors (Lipinski definition) is 4. The summed E-state index contributed by atoms with van der Waals surface area (Å²) in [6, 6.07) is 0. The van der Waals surface area contributed by atoms with E-state index in [0.29, 0.717) is 12.8 Å². The van der Waals surface area contributed by atoms with Crippen LogP contribution in [0.15, 0.2) is 0 Å². The van der Waals surface area contributed by atoms with E-state index in [4.69, 9.17) is 9.47 Å². The highest BCUT2D eigenvalue weighted by Crippen LogP contribution is 2.61. The Bertz CT molecular complexity index is 506. The number of ether oxygens (including phenoxy) is 2. The summed E-state index contributed by atoms with van der Waals surface area (Å²) < 4.78 is 11.7. The zero-order valence-corrected chi connectivity index (χ0v) is 15.7. The van der Waals surface area contributed by atoms with Crippen molar-refractivity contribution in [3.8, 4) is 0 Å². The van der Waals surface area contributed by atoms with Gasteiger partial charge in [0.2, 0.25) is 0 Å². The van der Waals surface area contributed by atoms with Gasteiger partial charge in [-0.25, -0.2) is 0 Å². The van der Waals surface area contributed by atoms with E-state index < -0.39 is 16.4 Å². The molecule has 4 bridgehead atoms. The largest absolute Gasteiger partial charge is 0.462 e. The van der Waals surface area contributed by atoms with E-state index in [1.165, 1.54) is 0 Å². The third-order valence-electron chi connectivity index (χ3n) is 5.29. The molecule has 4 rings (SSSR count). The number of carbonyl (C=O) groups is 2. The lowest BCUT2D eigenvalue weighted by atomic mass is 9.53. The molecule has 4 aliphatic rings. The fraction of sp³-hybridized carbons (Fsp3) is 0.895. The minimum Gasteiger partial charge on any atom is -0.462 e. The summed E-state index contributed by atoms with van der Waals surface area (Å²) in [6.07, 6.45) is 3.74. The standard InChI is InChI=1S/C17H26O4.C2H6/c1-14(2,3)12(18)21-17-7-11-6-15(4,9-17)8-16(5,10-17)13(19)20-11;1-2/h11H,6-10H2,1-5H3;1-2H3. The van der Waals surface area contributed by atoms with Crippen molar-refractivity contribution in [1.82, 2.24) is 0 Å². The second kappa shape index (κ2) is 5.49. The van der Waals surface area contributed by atoms with Crippen molar-refractivity contribution in [3.05, 3.63) is 0 Å². The van der Waals surface area contributed by atoms with Crippen molar-refractivity contribution >= 4 is 11.9 Å². The zero-order chi connectivity index (χ0) is 17.7. The van der Waals surface area contributed by atoms with E-state index >= 15 is 0 Å². The minimum atomic E-state index is -0.527. The van der Waals surface area contributed by atoms with Crippen molar-refractivity contribution in [2.75, 3.05) is 0 Å². The van der Waals surface area contributed by atoms with Gasteiger partial charge in [0.05, 0.1) is 10.8 Å². The molecule has 4 nitrogen and oxygen atoms in total. The van der Waals surface area contributed by atoms with E-state index in [0.717, 1.165) is 19.3 Å². The average Bonchev–Trinajstić information content (AvgIpc) is 2.47. The first-order chi connectivity index (χ1) is 10.5. The van der Waals surface area contributed by atoms with Gasteiger partial charge in [0, 0.05) is 12.8 Å². The Morgan fingerprint density at radius 2 is 1.74 bits per heavy atom. The lowest BCUT2D eigenvalue weighted by molar-refractivity contribution is -0.193. The quantitative estimate of drug-likeness (QED) is 0.676. The molecule has 2 aliphatic carbocycles. The van der Waals surface area contributed by atoms with Crippen molar-refractivity contribution in [2.45, 2.75) is 92.3 Å². The Morgan fingerprint density at radius 3 is 2.30 bits per heavy atom. The Balaban J connectivity index is 0.000000924. The van der Waals surface area contributed by atoms with Crippen LogP contribution in [0.4, 0.5) is 0 Å². The zero-order valence-electron chi connectivity index (χ0n) is 15.7. The van der Waals surface area contributed by atoms with Crippen LogP contribution in [0, 0.1) is 16.2 Å². The van der Waals surface area contributed by atoms with Crippen LogP contribution in [0.2, 0.25) is 0 Å². The van der Waals surface area contributed by atoms with E-state index in [2.05, 4.69) is 6.92 Å². The number of hydrogen-bond donors (Lipinski definition) is 0. The fourth-order valence-electron chi connectivity index (χ4n) is 4.93. The molecule has 0 aromatic carbocycles. The number of fused-ring (bicyclic) bond motifs is 1. The molecule has 0 aromatic rings. The lowest BCUT2D eigenvalue weighted by Crippen LogP contribution is -2.55. The maximum absolute atomic E-state index is 12.4. The Labute approximate surface area is 140 Å². The molecule has 2 saturated carbocycles. The number of esters is 2. The molecular formula is C19H32O4. The van der Waals surface area contributed by atoms with Gasteiger partial charge in [-0.1, -0.05) is 20.8 Å². The second-order valence-electron chi connectivity index (χ2n) is 9.16. The first-order valence-corrected chi connectivity index (χ1v) is 8.90. The average molecular weight is 324 g/mol. The molecule has 4 unspecified atom stereocenters. The van der Waals surface area contributed by atoms with Crippen LogP contribution in [-0.2, 0) is 19.1 Å². The van der Waals surface area contributed by atoms with Gasteiger partial charge in [-0.2, -0.15) is 0 Å². The Kier molecular flexibility index (Phi) is 4.36. The highest BCUT2D eigenvalue weighted by molar-refractivity contribution is 5.79. The molecule has 4 heteroatoms. The van der Waals surface area contributed by atoms with Crippen LogP contribution in [0.25, 0.3) is 0 Å². The summed E-state index contributed by atoms with van der Waals surface area (Å²) in [5, 5.41) is 0. The van der Waals surface area contributed by atoms with Crippen LogP contribution < -0.4 is 0 Å². The lowest BCUT2D eigenvalue weighted by Gasteiger charge is -2.54. The van der Waals surface area contributed by atoms with Crippen molar-refractivity contribution < 1.29 is 19.1 Å². The summed E-state index contributed by atoms with van der Waals surface area (Å²) in [5.41, 5.74) is -1.54. The molecular weight excluding hydrogens is 292 g/mol. The van der Waals surface area contributed by atoms with E-state index in [-0.39, 0.29) is 23.5 Å². The maximum atomic E-state index is 12.4. The molecule has 0 N–H and O–H groups in total. The van der Waals surface area contributed by atoms with Crippen LogP contribution in [-0.4, -0.2) is 23.6 Å². The normalized spacial score (nSPS) is 41.5. The van der Waals surface area contributed by atoms with Crippen LogP contribution in [0.1, 0.15) is 80.6 Å².